The van der Waals surface area contributed by atoms with Gasteiger partial charge in [0.05, 0.1) is 22.6 Å². The van der Waals surface area contributed by atoms with E-state index in [0.717, 1.165) is 0 Å². The van der Waals surface area contributed by atoms with Gasteiger partial charge in [0, 0.05) is 16.8 Å². The summed E-state index contributed by atoms with van der Waals surface area (Å²) in [6, 6.07) is 12.6. The highest BCUT2D eigenvalue weighted by Crippen LogP contribution is 2.20. The SMILES string of the molecule is Cc1nn(-c2ccc(F)cc2)c(C)c1C(=O)Nc1ccc(C(=O)NC(C)(C)C)cc1. The van der Waals surface area contributed by atoms with Crippen LogP contribution in [-0.4, -0.2) is 27.1 Å². The van der Waals surface area contributed by atoms with Gasteiger partial charge in [-0.2, -0.15) is 5.10 Å². The minimum absolute atomic E-state index is 0.173. The fraction of sp³-hybridized carbons (Fsp3) is 0.261. The Bertz CT molecular complexity index is 1080. The van der Waals surface area contributed by atoms with Gasteiger partial charge >= 0.3 is 0 Å². The summed E-state index contributed by atoms with van der Waals surface area (Å²) in [5.74, 6) is -0.809. The molecule has 0 spiro atoms. The maximum absolute atomic E-state index is 13.2. The first-order valence-corrected chi connectivity index (χ1v) is 9.61. The number of aryl methyl sites for hydroxylation is 1. The molecule has 0 fully saturated rings. The monoisotopic (exact) mass is 408 g/mol. The number of hydrogen-bond acceptors (Lipinski definition) is 3. The molecule has 2 N–H and O–H groups in total. The number of carbonyl (C=O) groups is 2. The fourth-order valence-corrected chi connectivity index (χ4v) is 3.12. The number of aromatic nitrogens is 2. The second-order valence-electron chi connectivity index (χ2n) is 8.17. The average molecular weight is 408 g/mol. The highest BCUT2D eigenvalue weighted by Gasteiger charge is 2.20. The van der Waals surface area contributed by atoms with E-state index in [4.69, 9.17) is 0 Å². The molecule has 0 saturated heterocycles. The summed E-state index contributed by atoms with van der Waals surface area (Å²) in [5, 5.41) is 10.2. The summed E-state index contributed by atoms with van der Waals surface area (Å²) >= 11 is 0. The molecule has 0 aliphatic rings. The molecule has 6 nitrogen and oxygen atoms in total. The molecule has 2 amide bonds. The number of amides is 2. The zero-order chi connectivity index (χ0) is 22.1. The molecule has 2 aromatic carbocycles. The molecule has 3 rings (SSSR count). The van der Waals surface area contributed by atoms with Crippen LogP contribution in [0.5, 0.6) is 0 Å². The van der Waals surface area contributed by atoms with Gasteiger partial charge in [-0.25, -0.2) is 9.07 Å². The van der Waals surface area contributed by atoms with Gasteiger partial charge in [0.15, 0.2) is 0 Å². The molecular weight excluding hydrogens is 383 g/mol. The third-order valence-corrected chi connectivity index (χ3v) is 4.48. The van der Waals surface area contributed by atoms with E-state index in [1.165, 1.54) is 12.1 Å². The second kappa shape index (κ2) is 8.10. The van der Waals surface area contributed by atoms with Crippen molar-refractivity contribution in [2.75, 3.05) is 5.32 Å². The minimum Gasteiger partial charge on any atom is -0.347 e. The molecule has 0 aliphatic carbocycles. The summed E-state index contributed by atoms with van der Waals surface area (Å²) < 4.78 is 14.8. The van der Waals surface area contributed by atoms with Crippen molar-refractivity contribution in [2.45, 2.75) is 40.2 Å². The Morgan fingerprint density at radius 1 is 0.933 bits per heavy atom. The molecule has 0 saturated carbocycles. The third kappa shape index (κ3) is 4.74. The van der Waals surface area contributed by atoms with Crippen molar-refractivity contribution in [1.29, 1.82) is 0 Å². The Labute approximate surface area is 175 Å². The second-order valence-corrected chi connectivity index (χ2v) is 8.17. The largest absolute Gasteiger partial charge is 0.347 e. The Balaban J connectivity index is 1.78. The highest BCUT2D eigenvalue weighted by atomic mass is 19.1. The lowest BCUT2D eigenvalue weighted by Gasteiger charge is -2.20. The van der Waals surface area contributed by atoms with Crippen LogP contribution in [0, 0.1) is 19.7 Å². The lowest BCUT2D eigenvalue weighted by Crippen LogP contribution is -2.40. The maximum Gasteiger partial charge on any atom is 0.259 e. The number of anilines is 1. The fourth-order valence-electron chi connectivity index (χ4n) is 3.12. The smallest absolute Gasteiger partial charge is 0.259 e. The van der Waals surface area contributed by atoms with Crippen molar-refractivity contribution in [1.82, 2.24) is 15.1 Å². The van der Waals surface area contributed by atoms with E-state index in [1.807, 2.05) is 20.8 Å². The molecule has 30 heavy (non-hydrogen) atoms. The standard InChI is InChI=1S/C23H25FN4O2/c1-14-20(15(2)28(27-14)19-12-8-17(24)9-13-19)22(30)25-18-10-6-16(7-11-18)21(29)26-23(3,4)5/h6-13H,1-5H3,(H,25,30)(H,26,29). The van der Waals surface area contributed by atoms with Gasteiger partial charge in [0.2, 0.25) is 0 Å². The molecular formula is C23H25FN4O2. The summed E-state index contributed by atoms with van der Waals surface area (Å²) in [6.45, 7) is 9.28. The zero-order valence-electron chi connectivity index (χ0n) is 17.7. The van der Waals surface area contributed by atoms with Crippen LogP contribution in [-0.2, 0) is 0 Å². The van der Waals surface area contributed by atoms with E-state index < -0.39 is 0 Å². The Hall–Kier alpha value is -3.48. The molecule has 0 bridgehead atoms. The number of nitrogens with one attached hydrogen (secondary N) is 2. The molecule has 1 aromatic heterocycles. The number of benzene rings is 2. The van der Waals surface area contributed by atoms with E-state index >= 15 is 0 Å². The van der Waals surface area contributed by atoms with Crippen molar-refractivity contribution < 1.29 is 14.0 Å². The maximum atomic E-state index is 13.2. The van der Waals surface area contributed by atoms with Crippen LogP contribution in [0.3, 0.4) is 0 Å². The van der Waals surface area contributed by atoms with Crippen LogP contribution in [0.15, 0.2) is 48.5 Å². The lowest BCUT2D eigenvalue weighted by atomic mass is 10.1. The number of hydrogen-bond donors (Lipinski definition) is 2. The van der Waals surface area contributed by atoms with Crippen molar-refractivity contribution in [3.8, 4) is 5.69 Å². The molecule has 1 heterocycles. The predicted octanol–water partition coefficient (Wildman–Crippen LogP) is 4.41. The molecule has 3 aromatic rings. The summed E-state index contributed by atoms with van der Waals surface area (Å²) in [4.78, 5) is 25.1. The number of halogens is 1. The number of rotatable bonds is 4. The molecule has 0 aliphatic heterocycles. The summed E-state index contributed by atoms with van der Waals surface area (Å²) in [7, 11) is 0. The average Bonchev–Trinajstić information content (AvgIpc) is 2.96. The van der Waals surface area contributed by atoms with Crippen LogP contribution < -0.4 is 10.6 Å². The first-order valence-electron chi connectivity index (χ1n) is 9.61. The molecule has 0 unspecified atom stereocenters. The van der Waals surface area contributed by atoms with Crippen molar-refractivity contribution in [2.24, 2.45) is 0 Å². The van der Waals surface area contributed by atoms with Crippen LogP contribution >= 0.6 is 0 Å². The van der Waals surface area contributed by atoms with Crippen molar-refractivity contribution >= 4 is 17.5 Å². The first-order chi connectivity index (χ1) is 14.0. The Morgan fingerprint density at radius 3 is 2.10 bits per heavy atom. The van der Waals surface area contributed by atoms with Gasteiger partial charge in [0.1, 0.15) is 5.82 Å². The van der Waals surface area contributed by atoms with Crippen molar-refractivity contribution in [3.05, 3.63) is 76.9 Å². The summed E-state index contributed by atoms with van der Waals surface area (Å²) in [5.41, 5.74) is 3.09. The first kappa shape index (κ1) is 21.2. The van der Waals surface area contributed by atoms with E-state index in [-0.39, 0.29) is 23.2 Å². The Kier molecular flexibility index (Phi) is 5.73. The van der Waals surface area contributed by atoms with E-state index in [9.17, 15) is 14.0 Å². The van der Waals surface area contributed by atoms with Crippen LogP contribution in [0.25, 0.3) is 5.69 Å². The highest BCUT2D eigenvalue weighted by molar-refractivity contribution is 6.06. The number of nitrogens with zero attached hydrogens (tertiary/aromatic N) is 2. The third-order valence-electron chi connectivity index (χ3n) is 4.48. The normalized spacial score (nSPS) is 11.3. The Morgan fingerprint density at radius 2 is 1.53 bits per heavy atom. The van der Waals surface area contributed by atoms with E-state index in [0.29, 0.717) is 33.9 Å². The van der Waals surface area contributed by atoms with Gasteiger partial charge in [-0.1, -0.05) is 0 Å². The van der Waals surface area contributed by atoms with Gasteiger partial charge in [-0.3, -0.25) is 9.59 Å². The predicted molar refractivity (Wildman–Crippen MR) is 115 cm³/mol. The molecule has 7 heteroatoms. The van der Waals surface area contributed by atoms with Crippen LogP contribution in [0.1, 0.15) is 52.9 Å². The quantitative estimate of drug-likeness (QED) is 0.671. The van der Waals surface area contributed by atoms with Gasteiger partial charge < -0.3 is 10.6 Å². The minimum atomic E-state index is -0.335. The van der Waals surface area contributed by atoms with Gasteiger partial charge in [0.25, 0.3) is 11.8 Å². The summed E-state index contributed by atoms with van der Waals surface area (Å²) in [6.07, 6.45) is 0. The van der Waals surface area contributed by atoms with Crippen LogP contribution in [0.4, 0.5) is 10.1 Å². The number of carbonyl (C=O) groups excluding carboxylic acids is 2. The topological polar surface area (TPSA) is 76.0 Å². The van der Waals surface area contributed by atoms with Gasteiger partial charge in [-0.15, -0.1) is 0 Å². The van der Waals surface area contributed by atoms with E-state index in [1.54, 1.807) is 54.9 Å². The molecule has 156 valence electrons. The van der Waals surface area contributed by atoms with E-state index in [2.05, 4.69) is 15.7 Å². The molecule has 0 atom stereocenters. The zero-order valence-corrected chi connectivity index (χ0v) is 17.7. The van der Waals surface area contributed by atoms with Crippen LogP contribution in [0.2, 0.25) is 0 Å². The van der Waals surface area contributed by atoms with Gasteiger partial charge in [-0.05, 0) is 83.1 Å². The lowest BCUT2D eigenvalue weighted by molar-refractivity contribution is 0.0919. The van der Waals surface area contributed by atoms with Crippen molar-refractivity contribution in [3.63, 3.8) is 0 Å². The molecule has 0 radical (unpaired) electrons.